The van der Waals surface area contributed by atoms with Crippen LogP contribution in [0.2, 0.25) is 5.02 Å². The predicted molar refractivity (Wildman–Crippen MR) is 116 cm³/mol. The van der Waals surface area contributed by atoms with Gasteiger partial charge in [0.1, 0.15) is 12.3 Å². The van der Waals surface area contributed by atoms with Crippen molar-refractivity contribution in [2.24, 2.45) is 0 Å². The van der Waals surface area contributed by atoms with Gasteiger partial charge in [-0.1, -0.05) is 23.7 Å². The number of halogens is 1. The zero-order valence-corrected chi connectivity index (χ0v) is 17.3. The van der Waals surface area contributed by atoms with Crippen molar-refractivity contribution in [1.29, 1.82) is 0 Å². The Bertz CT molecular complexity index is 1120. The quantitative estimate of drug-likeness (QED) is 0.560. The summed E-state index contributed by atoms with van der Waals surface area (Å²) in [5.41, 5.74) is 0.0878. The summed E-state index contributed by atoms with van der Waals surface area (Å²) in [5.74, 6) is 0.335. The first kappa shape index (κ1) is 21.4. The van der Waals surface area contributed by atoms with Gasteiger partial charge in [0.25, 0.3) is 0 Å². The minimum absolute atomic E-state index is 0.223. The standard InChI is InChI=1S/C22H22ClN3O4/c1-2-30-19-9-7-18(8-10-19)26-14-13-25(21(28)22(26)29)15-20(27)24-12-11-16-3-5-17(23)6-4-16/h3-10,13-14H,2,11-12,15H2,1H3,(H,24,27). The molecule has 30 heavy (non-hydrogen) atoms. The molecule has 0 saturated carbocycles. The molecule has 7 nitrogen and oxygen atoms in total. The number of hydrogen-bond donors (Lipinski definition) is 1. The van der Waals surface area contributed by atoms with E-state index in [-0.39, 0.29) is 12.5 Å². The number of nitrogens with zero attached hydrogens (tertiary/aromatic N) is 2. The first-order valence-electron chi connectivity index (χ1n) is 9.54. The lowest BCUT2D eigenvalue weighted by Gasteiger charge is -2.10. The third kappa shape index (κ3) is 5.39. The summed E-state index contributed by atoms with van der Waals surface area (Å²) in [6.07, 6.45) is 3.54. The first-order valence-corrected chi connectivity index (χ1v) is 9.92. The van der Waals surface area contributed by atoms with Gasteiger partial charge in [-0.3, -0.25) is 23.5 Å². The largest absolute Gasteiger partial charge is 0.494 e. The van der Waals surface area contributed by atoms with E-state index in [1.165, 1.54) is 17.0 Å². The van der Waals surface area contributed by atoms with Gasteiger partial charge >= 0.3 is 11.1 Å². The molecule has 156 valence electrons. The highest BCUT2D eigenvalue weighted by Gasteiger charge is 2.10. The molecule has 3 aromatic rings. The van der Waals surface area contributed by atoms with Gasteiger partial charge in [0, 0.05) is 29.6 Å². The van der Waals surface area contributed by atoms with E-state index in [1.54, 1.807) is 36.4 Å². The summed E-state index contributed by atoms with van der Waals surface area (Å²) >= 11 is 5.85. The van der Waals surface area contributed by atoms with Crippen molar-refractivity contribution in [1.82, 2.24) is 14.5 Å². The number of carbonyl (C=O) groups is 1. The Balaban J connectivity index is 1.63. The Morgan fingerprint density at radius 3 is 2.37 bits per heavy atom. The molecule has 0 aliphatic carbocycles. The van der Waals surface area contributed by atoms with Gasteiger partial charge in [-0.2, -0.15) is 0 Å². The molecule has 0 atom stereocenters. The van der Waals surface area contributed by atoms with Crippen molar-refractivity contribution in [3.05, 3.63) is 92.2 Å². The lowest BCUT2D eigenvalue weighted by atomic mass is 10.1. The minimum atomic E-state index is -0.765. The summed E-state index contributed by atoms with van der Waals surface area (Å²) in [7, 11) is 0. The van der Waals surface area contributed by atoms with Crippen LogP contribution in [0.25, 0.3) is 5.69 Å². The maximum atomic E-state index is 12.5. The third-order valence-corrected chi connectivity index (χ3v) is 4.70. The monoisotopic (exact) mass is 427 g/mol. The van der Waals surface area contributed by atoms with E-state index in [0.29, 0.717) is 36.0 Å². The SMILES string of the molecule is CCOc1ccc(-n2ccn(CC(=O)NCCc3ccc(Cl)cc3)c(=O)c2=O)cc1. The maximum absolute atomic E-state index is 12.5. The summed E-state index contributed by atoms with van der Waals surface area (Å²) < 4.78 is 7.72. The normalized spacial score (nSPS) is 10.6. The molecule has 0 saturated heterocycles. The van der Waals surface area contributed by atoms with Crippen molar-refractivity contribution in [2.75, 3.05) is 13.2 Å². The molecule has 0 aliphatic rings. The Hall–Kier alpha value is -3.32. The highest BCUT2D eigenvalue weighted by molar-refractivity contribution is 6.30. The van der Waals surface area contributed by atoms with Crippen LogP contribution >= 0.6 is 11.6 Å². The number of hydrogen-bond acceptors (Lipinski definition) is 4. The molecule has 1 heterocycles. The molecular formula is C22H22ClN3O4. The van der Waals surface area contributed by atoms with Gasteiger partial charge in [-0.25, -0.2) is 0 Å². The number of nitrogens with one attached hydrogen (secondary N) is 1. The molecule has 0 spiro atoms. The molecule has 1 aromatic heterocycles. The van der Waals surface area contributed by atoms with Crippen LogP contribution in [0.5, 0.6) is 5.75 Å². The molecule has 1 N–H and O–H groups in total. The van der Waals surface area contributed by atoms with E-state index in [9.17, 15) is 14.4 Å². The maximum Gasteiger partial charge on any atom is 0.320 e. The van der Waals surface area contributed by atoms with Gasteiger partial charge in [0.15, 0.2) is 0 Å². The summed E-state index contributed by atoms with van der Waals surface area (Å²) in [6, 6.07) is 14.2. The van der Waals surface area contributed by atoms with E-state index >= 15 is 0 Å². The van der Waals surface area contributed by atoms with Crippen LogP contribution in [0, 0.1) is 0 Å². The number of rotatable bonds is 8. The highest BCUT2D eigenvalue weighted by Crippen LogP contribution is 2.13. The van der Waals surface area contributed by atoms with Crippen LogP contribution in [0.1, 0.15) is 12.5 Å². The third-order valence-electron chi connectivity index (χ3n) is 4.45. The first-order chi connectivity index (χ1) is 14.5. The topological polar surface area (TPSA) is 82.3 Å². The molecule has 2 aromatic carbocycles. The van der Waals surface area contributed by atoms with E-state index < -0.39 is 11.1 Å². The molecule has 1 amide bonds. The van der Waals surface area contributed by atoms with Gasteiger partial charge in [0.05, 0.1) is 6.61 Å². The van der Waals surface area contributed by atoms with Gasteiger partial charge in [-0.15, -0.1) is 0 Å². The average Bonchev–Trinajstić information content (AvgIpc) is 2.74. The number of ether oxygens (including phenoxy) is 1. The fraction of sp³-hybridized carbons (Fsp3) is 0.227. The number of benzene rings is 2. The van der Waals surface area contributed by atoms with Gasteiger partial charge in [-0.05, 0) is 55.3 Å². The smallest absolute Gasteiger partial charge is 0.320 e. The molecule has 3 rings (SSSR count). The minimum Gasteiger partial charge on any atom is -0.494 e. The Morgan fingerprint density at radius 2 is 1.70 bits per heavy atom. The van der Waals surface area contributed by atoms with Gasteiger partial charge in [0.2, 0.25) is 5.91 Å². The lowest BCUT2D eigenvalue weighted by Crippen LogP contribution is -2.42. The van der Waals surface area contributed by atoms with E-state index in [4.69, 9.17) is 16.3 Å². The molecule has 8 heteroatoms. The summed E-state index contributed by atoms with van der Waals surface area (Å²) in [5, 5.41) is 3.41. The Morgan fingerprint density at radius 1 is 1.00 bits per heavy atom. The van der Waals surface area contributed by atoms with Crippen LogP contribution in [-0.2, 0) is 17.8 Å². The fourth-order valence-electron chi connectivity index (χ4n) is 2.91. The van der Waals surface area contributed by atoms with Crippen molar-refractivity contribution in [3.63, 3.8) is 0 Å². The number of carbonyl (C=O) groups excluding carboxylic acids is 1. The van der Waals surface area contributed by atoms with Crippen LogP contribution in [-0.4, -0.2) is 28.2 Å². The van der Waals surface area contributed by atoms with Crippen LogP contribution in [0.4, 0.5) is 0 Å². The zero-order chi connectivity index (χ0) is 21.5. The number of amides is 1. The van der Waals surface area contributed by atoms with Crippen molar-refractivity contribution in [2.45, 2.75) is 19.9 Å². The number of aromatic nitrogens is 2. The van der Waals surface area contributed by atoms with E-state index in [2.05, 4.69) is 5.32 Å². The summed E-state index contributed by atoms with van der Waals surface area (Å²) in [4.78, 5) is 37.0. The fourth-order valence-corrected chi connectivity index (χ4v) is 3.04. The van der Waals surface area contributed by atoms with Crippen molar-refractivity contribution in [3.8, 4) is 11.4 Å². The van der Waals surface area contributed by atoms with Crippen molar-refractivity contribution >= 4 is 17.5 Å². The summed E-state index contributed by atoms with van der Waals surface area (Å²) in [6.45, 7) is 2.61. The van der Waals surface area contributed by atoms with E-state index in [1.807, 2.05) is 19.1 Å². The molecular weight excluding hydrogens is 406 g/mol. The van der Waals surface area contributed by atoms with Gasteiger partial charge < -0.3 is 10.1 Å². The average molecular weight is 428 g/mol. The van der Waals surface area contributed by atoms with Crippen LogP contribution in [0.3, 0.4) is 0 Å². The molecule has 0 bridgehead atoms. The molecule has 0 fully saturated rings. The van der Waals surface area contributed by atoms with Crippen LogP contribution in [0.15, 0.2) is 70.5 Å². The second-order valence-electron chi connectivity index (χ2n) is 6.56. The highest BCUT2D eigenvalue weighted by atomic mass is 35.5. The zero-order valence-electron chi connectivity index (χ0n) is 16.5. The van der Waals surface area contributed by atoms with E-state index in [0.717, 1.165) is 10.1 Å². The van der Waals surface area contributed by atoms with Crippen molar-refractivity contribution < 1.29 is 9.53 Å². The second-order valence-corrected chi connectivity index (χ2v) is 7.00. The Kier molecular flexibility index (Phi) is 7.08. The van der Waals surface area contributed by atoms with Crippen LogP contribution < -0.4 is 21.2 Å². The second kappa shape index (κ2) is 9.93. The molecule has 0 unspecified atom stereocenters. The molecule has 0 radical (unpaired) electrons. The molecule has 0 aliphatic heterocycles. The lowest BCUT2D eigenvalue weighted by molar-refractivity contribution is -0.121. The predicted octanol–water partition coefficient (Wildman–Crippen LogP) is 2.41. The Labute approximate surface area is 178 Å².